The standard InChI is InChI=1S/C18H23FN2O3S/c1-5-21-10-15(25(23,24)11-12(2)3)9-17(21)18(22)20-14-6-7-16(19)13(4)8-14/h6-10,12H,5,11H2,1-4H3,(H,20,22). The van der Waals surface area contributed by atoms with Gasteiger partial charge in [-0.1, -0.05) is 13.8 Å². The lowest BCUT2D eigenvalue weighted by Gasteiger charge is -2.08. The van der Waals surface area contributed by atoms with Gasteiger partial charge in [-0.15, -0.1) is 0 Å². The zero-order valence-corrected chi connectivity index (χ0v) is 15.7. The highest BCUT2D eigenvalue weighted by Gasteiger charge is 2.22. The third-order valence-corrected chi connectivity index (χ3v) is 5.82. The van der Waals surface area contributed by atoms with Crippen molar-refractivity contribution in [2.75, 3.05) is 11.1 Å². The highest BCUT2D eigenvalue weighted by molar-refractivity contribution is 7.91. The van der Waals surface area contributed by atoms with Crippen molar-refractivity contribution in [1.82, 2.24) is 4.57 Å². The third kappa shape index (κ3) is 4.48. The molecule has 0 saturated carbocycles. The molecule has 136 valence electrons. The lowest BCUT2D eigenvalue weighted by atomic mass is 10.2. The summed E-state index contributed by atoms with van der Waals surface area (Å²) < 4.78 is 39.7. The van der Waals surface area contributed by atoms with Gasteiger partial charge >= 0.3 is 0 Å². The minimum Gasteiger partial charge on any atom is -0.342 e. The number of carbonyl (C=O) groups excluding carboxylic acids is 1. The molecule has 2 aromatic rings. The summed E-state index contributed by atoms with van der Waals surface area (Å²) in [4.78, 5) is 12.7. The van der Waals surface area contributed by atoms with Gasteiger partial charge in [0.05, 0.1) is 10.6 Å². The monoisotopic (exact) mass is 366 g/mol. The number of hydrogen-bond donors (Lipinski definition) is 1. The van der Waals surface area contributed by atoms with Crippen LogP contribution in [0.1, 0.15) is 36.8 Å². The van der Waals surface area contributed by atoms with Gasteiger partial charge in [0.2, 0.25) is 0 Å². The number of halogens is 1. The first kappa shape index (κ1) is 19.2. The Kier molecular flexibility index (Phi) is 5.67. The Hall–Kier alpha value is -2.15. The first-order chi connectivity index (χ1) is 11.6. The number of aryl methyl sites for hydroxylation is 2. The van der Waals surface area contributed by atoms with Crippen LogP contribution in [0.15, 0.2) is 35.4 Å². The van der Waals surface area contributed by atoms with Crippen molar-refractivity contribution < 1.29 is 17.6 Å². The van der Waals surface area contributed by atoms with Crippen molar-refractivity contribution in [2.24, 2.45) is 5.92 Å². The Balaban J connectivity index is 2.31. The van der Waals surface area contributed by atoms with Crippen LogP contribution < -0.4 is 5.32 Å². The van der Waals surface area contributed by atoms with Gasteiger partial charge in [0, 0.05) is 18.4 Å². The fourth-order valence-electron chi connectivity index (χ4n) is 2.56. The van der Waals surface area contributed by atoms with Crippen LogP contribution >= 0.6 is 0 Å². The van der Waals surface area contributed by atoms with Crippen LogP contribution in [0.4, 0.5) is 10.1 Å². The van der Waals surface area contributed by atoms with Crippen LogP contribution in [0, 0.1) is 18.7 Å². The van der Waals surface area contributed by atoms with Crippen molar-refractivity contribution in [3.63, 3.8) is 0 Å². The maximum absolute atomic E-state index is 13.3. The van der Waals surface area contributed by atoms with E-state index >= 15 is 0 Å². The molecule has 25 heavy (non-hydrogen) atoms. The second-order valence-electron chi connectivity index (χ2n) is 6.44. The number of sulfone groups is 1. The minimum absolute atomic E-state index is 0.00514. The summed E-state index contributed by atoms with van der Waals surface area (Å²) in [5, 5.41) is 2.69. The maximum atomic E-state index is 13.3. The van der Waals surface area contributed by atoms with Gasteiger partial charge in [0.15, 0.2) is 9.84 Å². The molecule has 0 aliphatic heterocycles. The molecule has 1 aromatic carbocycles. The first-order valence-electron chi connectivity index (χ1n) is 8.14. The van der Waals surface area contributed by atoms with Crippen LogP contribution in [-0.2, 0) is 16.4 Å². The van der Waals surface area contributed by atoms with Gasteiger partial charge in [-0.3, -0.25) is 4.79 Å². The summed E-state index contributed by atoms with van der Waals surface area (Å²) in [5.74, 6) is -0.760. The second-order valence-corrected chi connectivity index (χ2v) is 8.47. The van der Waals surface area contributed by atoms with E-state index < -0.39 is 15.7 Å². The van der Waals surface area contributed by atoms with Gasteiger partial charge in [-0.25, -0.2) is 12.8 Å². The lowest BCUT2D eigenvalue weighted by molar-refractivity contribution is 0.101. The molecule has 1 heterocycles. The number of anilines is 1. The summed E-state index contributed by atoms with van der Waals surface area (Å²) in [6.45, 7) is 7.56. The van der Waals surface area contributed by atoms with Gasteiger partial charge in [0.25, 0.3) is 5.91 Å². The fraction of sp³-hybridized carbons (Fsp3) is 0.389. The quantitative estimate of drug-likeness (QED) is 0.849. The van der Waals surface area contributed by atoms with E-state index in [0.717, 1.165) is 0 Å². The van der Waals surface area contributed by atoms with Gasteiger partial charge < -0.3 is 9.88 Å². The van der Waals surface area contributed by atoms with Crippen molar-refractivity contribution in [3.8, 4) is 0 Å². The molecule has 0 unspecified atom stereocenters. The maximum Gasteiger partial charge on any atom is 0.272 e. The van der Waals surface area contributed by atoms with Crippen molar-refractivity contribution >= 4 is 21.4 Å². The molecular weight excluding hydrogens is 343 g/mol. The van der Waals surface area contributed by atoms with Gasteiger partial charge in [0.1, 0.15) is 11.5 Å². The Labute approximate surface area is 147 Å². The second kappa shape index (κ2) is 7.39. The normalized spacial score (nSPS) is 11.8. The highest BCUT2D eigenvalue weighted by atomic mass is 32.2. The van der Waals surface area contributed by atoms with E-state index in [9.17, 15) is 17.6 Å². The predicted octanol–water partition coefficient (Wildman–Crippen LogP) is 3.64. The molecule has 7 heteroatoms. The molecule has 0 bridgehead atoms. The topological polar surface area (TPSA) is 68.2 Å². The van der Waals surface area contributed by atoms with Crippen LogP contribution in [-0.4, -0.2) is 24.6 Å². The zero-order valence-electron chi connectivity index (χ0n) is 14.8. The molecule has 0 spiro atoms. The number of hydrogen-bond acceptors (Lipinski definition) is 3. The Bertz CT molecular complexity index is 886. The zero-order chi connectivity index (χ0) is 18.8. The van der Waals surface area contributed by atoms with E-state index in [1.807, 2.05) is 20.8 Å². The van der Waals surface area contributed by atoms with Crippen molar-refractivity contribution in [2.45, 2.75) is 39.1 Å². The molecule has 0 aliphatic carbocycles. The molecular formula is C18H23FN2O3S. The van der Waals surface area contributed by atoms with E-state index in [2.05, 4.69) is 5.32 Å². The highest BCUT2D eigenvalue weighted by Crippen LogP contribution is 2.20. The molecule has 0 fully saturated rings. The molecule has 1 aromatic heterocycles. The molecule has 5 nitrogen and oxygen atoms in total. The summed E-state index contributed by atoms with van der Waals surface area (Å²) in [6, 6.07) is 5.67. The molecule has 0 atom stereocenters. The van der Waals surface area contributed by atoms with Crippen molar-refractivity contribution in [3.05, 3.63) is 47.5 Å². The number of carbonyl (C=O) groups is 1. The smallest absolute Gasteiger partial charge is 0.272 e. The van der Waals surface area contributed by atoms with Crippen LogP contribution in [0.2, 0.25) is 0 Å². The summed E-state index contributed by atoms with van der Waals surface area (Å²) in [6.07, 6.45) is 1.49. The fourth-order valence-corrected chi connectivity index (χ4v) is 4.21. The third-order valence-electron chi connectivity index (χ3n) is 3.77. The average molecular weight is 366 g/mol. The minimum atomic E-state index is -3.44. The van der Waals surface area contributed by atoms with Crippen LogP contribution in [0.25, 0.3) is 0 Å². The molecule has 1 N–H and O–H groups in total. The van der Waals surface area contributed by atoms with E-state index in [4.69, 9.17) is 0 Å². The van der Waals surface area contributed by atoms with Gasteiger partial charge in [-0.2, -0.15) is 0 Å². The number of aromatic nitrogens is 1. The van der Waals surface area contributed by atoms with E-state index in [1.54, 1.807) is 11.5 Å². The number of benzene rings is 1. The SMILES string of the molecule is CCn1cc(S(=O)(=O)CC(C)C)cc1C(=O)Nc1ccc(F)c(C)c1. The Morgan fingerprint density at radius 3 is 2.52 bits per heavy atom. The summed E-state index contributed by atoms with van der Waals surface area (Å²) in [7, 11) is -3.44. The van der Waals surface area contributed by atoms with Crippen LogP contribution in [0.5, 0.6) is 0 Å². The molecule has 0 saturated heterocycles. The number of rotatable bonds is 6. The van der Waals surface area contributed by atoms with Crippen molar-refractivity contribution in [1.29, 1.82) is 0 Å². The molecule has 0 aliphatic rings. The molecule has 2 rings (SSSR count). The van der Waals surface area contributed by atoms with Crippen LogP contribution in [0.3, 0.4) is 0 Å². The largest absolute Gasteiger partial charge is 0.342 e. The summed E-state index contributed by atoms with van der Waals surface area (Å²) >= 11 is 0. The van der Waals surface area contributed by atoms with Gasteiger partial charge in [-0.05, 0) is 49.6 Å². The molecule has 1 amide bonds. The number of nitrogens with one attached hydrogen (secondary N) is 1. The number of nitrogens with zero attached hydrogens (tertiary/aromatic N) is 1. The van der Waals surface area contributed by atoms with E-state index in [1.165, 1.54) is 30.5 Å². The molecule has 0 radical (unpaired) electrons. The summed E-state index contributed by atoms with van der Waals surface area (Å²) in [5.41, 5.74) is 1.13. The average Bonchev–Trinajstić information content (AvgIpc) is 2.95. The first-order valence-corrected chi connectivity index (χ1v) is 9.79. The lowest BCUT2D eigenvalue weighted by Crippen LogP contribution is -2.16. The number of amides is 1. The Morgan fingerprint density at radius 1 is 1.28 bits per heavy atom. The van der Waals surface area contributed by atoms with E-state index in [0.29, 0.717) is 17.8 Å². The predicted molar refractivity (Wildman–Crippen MR) is 96.1 cm³/mol. The Morgan fingerprint density at radius 2 is 1.96 bits per heavy atom. The van der Waals surface area contributed by atoms with E-state index in [-0.39, 0.29) is 28.1 Å².